The Morgan fingerprint density at radius 2 is 1.89 bits per heavy atom. The van der Waals surface area contributed by atoms with Gasteiger partial charge in [-0.25, -0.2) is 8.78 Å². The first-order valence-electron chi connectivity index (χ1n) is 9.68. The van der Waals surface area contributed by atoms with E-state index in [1.807, 2.05) is 0 Å². The summed E-state index contributed by atoms with van der Waals surface area (Å²) in [6.07, 6.45) is 5.76. The lowest BCUT2D eigenvalue weighted by Crippen LogP contribution is -2.58. The molecule has 3 N–H and O–H groups in total. The van der Waals surface area contributed by atoms with E-state index in [0.29, 0.717) is 37.5 Å². The van der Waals surface area contributed by atoms with Gasteiger partial charge in [-0.3, -0.25) is 4.79 Å². The molecule has 4 nitrogen and oxygen atoms in total. The van der Waals surface area contributed by atoms with Crippen LogP contribution < -0.4 is 11.1 Å². The minimum Gasteiger partial charge on any atom is -0.381 e. The zero-order valence-electron chi connectivity index (χ0n) is 15.4. The summed E-state index contributed by atoms with van der Waals surface area (Å²) >= 11 is 6.08. The van der Waals surface area contributed by atoms with E-state index in [4.69, 9.17) is 22.1 Å². The van der Waals surface area contributed by atoms with Crippen molar-refractivity contribution >= 4 is 17.5 Å². The molecular formula is C20H27ClF2N2O2. The molecule has 0 unspecified atom stereocenters. The molecular weight excluding hydrogens is 374 g/mol. The van der Waals surface area contributed by atoms with Crippen LogP contribution in [0, 0.1) is 17.6 Å². The summed E-state index contributed by atoms with van der Waals surface area (Å²) in [4.78, 5) is 11.9. The van der Waals surface area contributed by atoms with E-state index >= 15 is 0 Å². The largest absolute Gasteiger partial charge is 0.381 e. The van der Waals surface area contributed by atoms with Crippen LogP contribution in [0.25, 0.3) is 0 Å². The third-order valence-corrected chi connectivity index (χ3v) is 6.45. The topological polar surface area (TPSA) is 64.4 Å². The molecule has 1 saturated heterocycles. The van der Waals surface area contributed by atoms with E-state index in [-0.39, 0.29) is 16.8 Å². The van der Waals surface area contributed by atoms with Gasteiger partial charge in [-0.15, -0.1) is 0 Å². The molecule has 3 rings (SSSR count). The van der Waals surface area contributed by atoms with Crippen molar-refractivity contribution in [3.63, 3.8) is 0 Å². The van der Waals surface area contributed by atoms with E-state index in [1.54, 1.807) is 0 Å². The van der Waals surface area contributed by atoms with Crippen molar-refractivity contribution in [3.8, 4) is 0 Å². The highest BCUT2D eigenvalue weighted by atomic mass is 35.5. The van der Waals surface area contributed by atoms with Crippen molar-refractivity contribution in [3.05, 3.63) is 34.4 Å². The van der Waals surface area contributed by atoms with Crippen LogP contribution in [-0.4, -0.2) is 31.2 Å². The van der Waals surface area contributed by atoms with E-state index in [2.05, 4.69) is 5.32 Å². The molecule has 2 fully saturated rings. The first-order valence-corrected chi connectivity index (χ1v) is 10.1. The van der Waals surface area contributed by atoms with Gasteiger partial charge in [0.2, 0.25) is 5.91 Å². The van der Waals surface area contributed by atoms with Gasteiger partial charge in [-0.1, -0.05) is 11.6 Å². The van der Waals surface area contributed by atoms with Gasteiger partial charge in [0.15, 0.2) is 0 Å². The molecule has 0 atom stereocenters. The van der Waals surface area contributed by atoms with Gasteiger partial charge in [0.25, 0.3) is 0 Å². The first-order chi connectivity index (χ1) is 12.9. The highest BCUT2D eigenvalue weighted by Crippen LogP contribution is 2.41. The van der Waals surface area contributed by atoms with Crippen molar-refractivity contribution in [2.75, 3.05) is 19.8 Å². The number of carbonyl (C=O) groups excluding carboxylic acids is 1. The van der Waals surface area contributed by atoms with Gasteiger partial charge < -0.3 is 15.8 Å². The molecule has 1 amide bonds. The number of nitrogens with two attached hydrogens (primary N) is 1. The minimum atomic E-state index is -0.653. The maximum absolute atomic E-state index is 14.1. The summed E-state index contributed by atoms with van der Waals surface area (Å²) in [5, 5.41) is 3.55. The lowest BCUT2D eigenvalue weighted by Gasteiger charge is -2.36. The van der Waals surface area contributed by atoms with Crippen molar-refractivity contribution in [1.29, 1.82) is 0 Å². The minimum absolute atomic E-state index is 0.0368. The molecule has 150 valence electrons. The SMILES string of the molecule is NC(=O)C1(NCC[C@H]2CC[C@@H](c3c(F)cc(F)cc3Cl)CC2)CCOCC1. The Kier molecular flexibility index (Phi) is 6.71. The molecule has 0 bridgehead atoms. The van der Waals surface area contributed by atoms with Gasteiger partial charge in [0.05, 0.1) is 0 Å². The molecule has 1 aromatic carbocycles. The molecule has 1 aliphatic heterocycles. The predicted molar refractivity (Wildman–Crippen MR) is 101 cm³/mol. The Labute approximate surface area is 163 Å². The van der Waals surface area contributed by atoms with Gasteiger partial charge >= 0.3 is 0 Å². The molecule has 1 aliphatic carbocycles. The molecule has 7 heteroatoms. The quantitative estimate of drug-likeness (QED) is 0.761. The second-order valence-electron chi connectivity index (χ2n) is 7.77. The monoisotopic (exact) mass is 400 g/mol. The van der Waals surface area contributed by atoms with Crippen molar-refractivity contribution < 1.29 is 18.3 Å². The standard InChI is InChI=1S/C20H27ClF2N2O2/c21-16-11-15(22)12-17(23)18(16)14-3-1-13(2-4-14)5-8-25-20(19(24)26)6-9-27-10-7-20/h11-14,25H,1-10H2,(H2,24,26)/t13-,14+. The van der Waals surface area contributed by atoms with E-state index in [9.17, 15) is 13.6 Å². The fourth-order valence-electron chi connectivity index (χ4n) is 4.43. The number of nitrogens with one attached hydrogen (secondary N) is 1. The van der Waals surface area contributed by atoms with Crippen LogP contribution in [0.15, 0.2) is 12.1 Å². The summed E-state index contributed by atoms with van der Waals surface area (Å²) in [7, 11) is 0. The number of primary amides is 1. The number of ether oxygens (including phenoxy) is 1. The lowest BCUT2D eigenvalue weighted by atomic mass is 9.77. The normalized spacial score (nSPS) is 25.3. The molecule has 2 aliphatic rings. The van der Waals surface area contributed by atoms with Crippen LogP contribution in [0.4, 0.5) is 8.78 Å². The van der Waals surface area contributed by atoms with E-state index in [0.717, 1.165) is 44.7 Å². The van der Waals surface area contributed by atoms with Crippen LogP contribution in [0.1, 0.15) is 56.4 Å². The van der Waals surface area contributed by atoms with Crippen LogP contribution >= 0.6 is 11.6 Å². The average Bonchev–Trinajstić information content (AvgIpc) is 2.63. The van der Waals surface area contributed by atoms with Crippen molar-refractivity contribution in [2.45, 2.75) is 56.4 Å². The number of amides is 1. The van der Waals surface area contributed by atoms with Gasteiger partial charge in [-0.05, 0) is 69.4 Å². The number of carbonyl (C=O) groups is 1. The van der Waals surface area contributed by atoms with E-state index in [1.165, 1.54) is 6.07 Å². The maximum atomic E-state index is 14.1. The Bertz CT molecular complexity index is 649. The summed E-state index contributed by atoms with van der Waals surface area (Å²) in [6, 6.07) is 2.10. The number of benzene rings is 1. The van der Waals surface area contributed by atoms with Crippen molar-refractivity contribution in [2.24, 2.45) is 11.7 Å². The summed E-state index contributed by atoms with van der Waals surface area (Å²) in [6.45, 7) is 1.82. The molecule has 0 radical (unpaired) electrons. The summed E-state index contributed by atoms with van der Waals surface area (Å²) < 4.78 is 32.7. The Hall–Kier alpha value is -1.24. The van der Waals surface area contributed by atoms with Crippen molar-refractivity contribution in [1.82, 2.24) is 5.32 Å². The maximum Gasteiger partial charge on any atom is 0.237 e. The second kappa shape index (κ2) is 8.84. The first kappa shape index (κ1) is 20.5. The predicted octanol–water partition coefficient (Wildman–Crippen LogP) is 3.91. The third kappa shape index (κ3) is 4.79. The summed E-state index contributed by atoms with van der Waals surface area (Å²) in [5.41, 5.74) is 5.41. The van der Waals surface area contributed by atoms with Gasteiger partial charge in [0, 0.05) is 29.9 Å². The van der Waals surface area contributed by atoms with Crippen LogP contribution in [0.5, 0.6) is 0 Å². The molecule has 0 spiro atoms. The van der Waals surface area contributed by atoms with Crippen LogP contribution in [-0.2, 0) is 9.53 Å². The zero-order valence-corrected chi connectivity index (χ0v) is 16.2. The molecule has 0 aromatic heterocycles. The van der Waals surface area contributed by atoms with E-state index < -0.39 is 17.2 Å². The smallest absolute Gasteiger partial charge is 0.237 e. The number of hydrogen-bond donors (Lipinski definition) is 2. The number of rotatable bonds is 6. The summed E-state index contributed by atoms with van der Waals surface area (Å²) in [5.74, 6) is -0.947. The number of hydrogen-bond acceptors (Lipinski definition) is 3. The fourth-order valence-corrected chi connectivity index (χ4v) is 4.78. The second-order valence-corrected chi connectivity index (χ2v) is 8.18. The lowest BCUT2D eigenvalue weighted by molar-refractivity contribution is -0.128. The van der Waals surface area contributed by atoms with Gasteiger partial charge in [-0.2, -0.15) is 0 Å². The molecule has 1 saturated carbocycles. The molecule has 1 aromatic rings. The third-order valence-electron chi connectivity index (χ3n) is 6.13. The number of halogens is 3. The highest BCUT2D eigenvalue weighted by molar-refractivity contribution is 6.31. The Morgan fingerprint density at radius 1 is 1.22 bits per heavy atom. The van der Waals surface area contributed by atoms with Gasteiger partial charge in [0.1, 0.15) is 17.2 Å². The average molecular weight is 401 g/mol. The fraction of sp³-hybridized carbons (Fsp3) is 0.650. The Balaban J connectivity index is 1.49. The molecule has 1 heterocycles. The molecule has 27 heavy (non-hydrogen) atoms. The zero-order chi connectivity index (χ0) is 19.4. The van der Waals surface area contributed by atoms with Crippen LogP contribution in [0.3, 0.4) is 0 Å². The highest BCUT2D eigenvalue weighted by Gasteiger charge is 2.38. The Morgan fingerprint density at radius 3 is 2.48 bits per heavy atom. The van der Waals surface area contributed by atoms with Crippen LogP contribution in [0.2, 0.25) is 5.02 Å².